The molecule has 1 amide bonds. The average molecular weight is 247 g/mol. The minimum Gasteiger partial charge on any atom is -0.341 e. The van der Waals surface area contributed by atoms with E-state index in [1.807, 2.05) is 17.0 Å². The maximum atomic E-state index is 12.0. The highest BCUT2D eigenvalue weighted by Crippen LogP contribution is 2.11. The Morgan fingerprint density at radius 2 is 2.22 bits per heavy atom. The maximum absolute atomic E-state index is 12.0. The molecule has 1 aliphatic rings. The number of piperidine rings is 1. The van der Waals surface area contributed by atoms with Crippen molar-refractivity contribution < 1.29 is 4.79 Å². The molecule has 0 spiro atoms. The van der Waals surface area contributed by atoms with E-state index in [1.54, 1.807) is 12.4 Å². The lowest BCUT2D eigenvalue weighted by atomic mass is 10.1. The first-order chi connectivity index (χ1) is 8.75. The number of carbonyl (C=O) groups excluding carboxylic acids is 1. The molecule has 1 aromatic rings. The van der Waals surface area contributed by atoms with Crippen molar-refractivity contribution in [3.63, 3.8) is 0 Å². The molecule has 2 N–H and O–H groups in total. The Morgan fingerprint density at radius 3 is 2.94 bits per heavy atom. The van der Waals surface area contributed by atoms with Crippen LogP contribution in [0.4, 0.5) is 0 Å². The van der Waals surface area contributed by atoms with E-state index in [4.69, 9.17) is 5.73 Å². The summed E-state index contributed by atoms with van der Waals surface area (Å²) in [6, 6.07) is 4.17. The van der Waals surface area contributed by atoms with E-state index in [2.05, 4.69) is 4.98 Å². The van der Waals surface area contributed by atoms with Gasteiger partial charge in [0.2, 0.25) is 5.91 Å². The fraction of sp³-hybridized carbons (Fsp3) is 0.571. The molecular formula is C14H21N3O. The third kappa shape index (κ3) is 3.81. The summed E-state index contributed by atoms with van der Waals surface area (Å²) in [7, 11) is 0. The Bertz CT molecular complexity index is 380. The van der Waals surface area contributed by atoms with Gasteiger partial charge in [0, 0.05) is 37.9 Å². The van der Waals surface area contributed by atoms with Gasteiger partial charge in [-0.25, -0.2) is 0 Å². The predicted octanol–water partition coefficient (Wildman–Crippen LogP) is 1.35. The number of likely N-dealkylation sites (tertiary alicyclic amines) is 1. The number of hydrogen-bond acceptors (Lipinski definition) is 3. The Labute approximate surface area is 108 Å². The molecule has 2 rings (SSSR count). The van der Waals surface area contributed by atoms with Crippen LogP contribution in [-0.4, -0.2) is 34.9 Å². The van der Waals surface area contributed by atoms with Crippen molar-refractivity contribution in [1.82, 2.24) is 9.88 Å². The number of hydrogen-bond donors (Lipinski definition) is 1. The minimum absolute atomic E-state index is 0.169. The summed E-state index contributed by atoms with van der Waals surface area (Å²) in [5.41, 5.74) is 7.13. The third-order valence-corrected chi connectivity index (χ3v) is 3.42. The van der Waals surface area contributed by atoms with Gasteiger partial charge in [0.25, 0.3) is 0 Å². The molecule has 18 heavy (non-hydrogen) atoms. The Balaban J connectivity index is 1.71. The molecule has 1 aliphatic heterocycles. The molecule has 0 radical (unpaired) electrons. The molecule has 2 heterocycles. The van der Waals surface area contributed by atoms with E-state index in [1.165, 1.54) is 5.56 Å². The highest BCUT2D eigenvalue weighted by Gasteiger charge is 2.20. The molecule has 1 atom stereocenters. The third-order valence-electron chi connectivity index (χ3n) is 3.42. The number of nitrogens with two attached hydrogens (primary N) is 1. The van der Waals surface area contributed by atoms with Crippen molar-refractivity contribution in [2.24, 2.45) is 5.73 Å². The van der Waals surface area contributed by atoms with Gasteiger partial charge in [-0.2, -0.15) is 0 Å². The molecule has 98 valence electrons. The van der Waals surface area contributed by atoms with Crippen LogP contribution < -0.4 is 5.73 Å². The predicted molar refractivity (Wildman–Crippen MR) is 71.0 cm³/mol. The van der Waals surface area contributed by atoms with Gasteiger partial charge in [0.1, 0.15) is 0 Å². The van der Waals surface area contributed by atoms with Crippen molar-refractivity contribution in [3.8, 4) is 0 Å². The molecule has 0 bridgehead atoms. The number of carbonyl (C=O) groups is 1. The lowest BCUT2D eigenvalue weighted by Gasteiger charge is -2.30. The number of pyridine rings is 1. The molecular weight excluding hydrogens is 226 g/mol. The largest absolute Gasteiger partial charge is 0.341 e. The summed E-state index contributed by atoms with van der Waals surface area (Å²) in [6.45, 7) is 1.61. The summed E-state index contributed by atoms with van der Waals surface area (Å²) in [5, 5.41) is 0. The quantitative estimate of drug-likeness (QED) is 0.873. The normalized spacial score (nSPS) is 19.8. The fourth-order valence-corrected chi connectivity index (χ4v) is 2.39. The summed E-state index contributed by atoms with van der Waals surface area (Å²) in [5.74, 6) is 0.249. The van der Waals surface area contributed by atoms with Gasteiger partial charge in [0.15, 0.2) is 0 Å². The highest BCUT2D eigenvalue weighted by molar-refractivity contribution is 5.76. The van der Waals surface area contributed by atoms with Crippen LogP contribution in [0.25, 0.3) is 0 Å². The van der Waals surface area contributed by atoms with Gasteiger partial charge in [-0.3, -0.25) is 9.78 Å². The Morgan fingerprint density at radius 1 is 1.44 bits per heavy atom. The second-order valence-corrected chi connectivity index (χ2v) is 4.95. The van der Waals surface area contributed by atoms with E-state index in [-0.39, 0.29) is 11.9 Å². The summed E-state index contributed by atoms with van der Waals surface area (Å²) in [4.78, 5) is 17.9. The molecule has 1 fully saturated rings. The average Bonchev–Trinajstić information content (AvgIpc) is 2.40. The van der Waals surface area contributed by atoms with Gasteiger partial charge in [-0.05, 0) is 43.4 Å². The molecule has 4 heteroatoms. The number of amides is 1. The SMILES string of the molecule is NC1CCCN(C(=O)CCCc2ccncc2)C1. The molecule has 1 saturated heterocycles. The van der Waals surface area contributed by atoms with Crippen molar-refractivity contribution in [3.05, 3.63) is 30.1 Å². The van der Waals surface area contributed by atoms with Crippen LogP contribution >= 0.6 is 0 Å². The van der Waals surface area contributed by atoms with Gasteiger partial charge in [-0.15, -0.1) is 0 Å². The summed E-state index contributed by atoms with van der Waals surface area (Å²) >= 11 is 0. The van der Waals surface area contributed by atoms with Gasteiger partial charge < -0.3 is 10.6 Å². The first-order valence-corrected chi connectivity index (χ1v) is 6.68. The summed E-state index contributed by atoms with van der Waals surface area (Å²) in [6.07, 6.45) is 8.12. The number of aryl methyl sites for hydroxylation is 1. The lowest BCUT2D eigenvalue weighted by Crippen LogP contribution is -2.45. The van der Waals surface area contributed by atoms with Gasteiger partial charge in [0.05, 0.1) is 0 Å². The van der Waals surface area contributed by atoms with Crippen LogP contribution in [0, 0.1) is 0 Å². The fourth-order valence-electron chi connectivity index (χ4n) is 2.39. The molecule has 4 nitrogen and oxygen atoms in total. The first kappa shape index (κ1) is 13.0. The van der Waals surface area contributed by atoms with Crippen LogP contribution in [0.1, 0.15) is 31.2 Å². The van der Waals surface area contributed by atoms with E-state index in [0.717, 1.165) is 38.8 Å². The van der Waals surface area contributed by atoms with E-state index < -0.39 is 0 Å². The maximum Gasteiger partial charge on any atom is 0.222 e. The zero-order valence-corrected chi connectivity index (χ0v) is 10.7. The monoisotopic (exact) mass is 247 g/mol. The van der Waals surface area contributed by atoms with Gasteiger partial charge in [-0.1, -0.05) is 0 Å². The van der Waals surface area contributed by atoms with Crippen molar-refractivity contribution >= 4 is 5.91 Å². The van der Waals surface area contributed by atoms with Crippen LogP contribution in [0.5, 0.6) is 0 Å². The number of nitrogens with zero attached hydrogens (tertiary/aromatic N) is 2. The number of aromatic nitrogens is 1. The molecule has 0 saturated carbocycles. The van der Waals surface area contributed by atoms with Crippen molar-refractivity contribution in [1.29, 1.82) is 0 Å². The standard InChI is InChI=1S/C14H21N3O/c15-13-4-2-10-17(11-13)14(18)5-1-3-12-6-8-16-9-7-12/h6-9,13H,1-5,10-11,15H2. The van der Waals surface area contributed by atoms with E-state index in [0.29, 0.717) is 6.42 Å². The van der Waals surface area contributed by atoms with Gasteiger partial charge >= 0.3 is 0 Å². The second kappa shape index (κ2) is 6.50. The summed E-state index contributed by atoms with van der Waals surface area (Å²) < 4.78 is 0. The van der Waals surface area contributed by atoms with Crippen LogP contribution in [0.3, 0.4) is 0 Å². The Hall–Kier alpha value is -1.42. The molecule has 0 aliphatic carbocycles. The van der Waals surface area contributed by atoms with Crippen LogP contribution in [0.15, 0.2) is 24.5 Å². The first-order valence-electron chi connectivity index (χ1n) is 6.68. The zero-order chi connectivity index (χ0) is 12.8. The highest BCUT2D eigenvalue weighted by atomic mass is 16.2. The Kier molecular flexibility index (Phi) is 4.70. The van der Waals surface area contributed by atoms with Crippen molar-refractivity contribution in [2.45, 2.75) is 38.1 Å². The van der Waals surface area contributed by atoms with E-state index >= 15 is 0 Å². The number of rotatable bonds is 4. The van der Waals surface area contributed by atoms with E-state index in [9.17, 15) is 4.79 Å². The van der Waals surface area contributed by atoms with Crippen molar-refractivity contribution in [2.75, 3.05) is 13.1 Å². The lowest BCUT2D eigenvalue weighted by molar-refractivity contribution is -0.132. The zero-order valence-electron chi connectivity index (χ0n) is 10.7. The minimum atomic E-state index is 0.169. The van der Waals surface area contributed by atoms with Crippen LogP contribution in [0.2, 0.25) is 0 Å². The molecule has 0 aromatic carbocycles. The molecule has 1 aromatic heterocycles. The topological polar surface area (TPSA) is 59.2 Å². The van der Waals surface area contributed by atoms with Crippen LogP contribution in [-0.2, 0) is 11.2 Å². The smallest absolute Gasteiger partial charge is 0.222 e. The second-order valence-electron chi connectivity index (χ2n) is 4.95. The molecule has 1 unspecified atom stereocenters.